The van der Waals surface area contributed by atoms with Crippen LogP contribution in [0.1, 0.15) is 207 Å². The van der Waals surface area contributed by atoms with Crippen LogP contribution in [0.3, 0.4) is 0 Å². The average molecular weight is 491 g/mol. The van der Waals surface area contributed by atoms with Crippen LogP contribution in [0.2, 0.25) is 0 Å². The minimum absolute atomic E-state index is 0.895. The SMILES string of the molecule is CCCCCCCC=CCCCCCCCCCCCCCCCCCCCCCCCC(C)C. The van der Waals surface area contributed by atoms with Crippen molar-refractivity contribution in [3.05, 3.63) is 12.2 Å². The van der Waals surface area contributed by atoms with Gasteiger partial charge in [0.2, 0.25) is 0 Å². The molecule has 0 fully saturated rings. The Hall–Kier alpha value is -0.260. The summed E-state index contributed by atoms with van der Waals surface area (Å²) in [7, 11) is 0. The Balaban J connectivity index is 3.05. The van der Waals surface area contributed by atoms with Crippen LogP contribution in [-0.4, -0.2) is 0 Å². The molecule has 0 saturated heterocycles. The predicted octanol–water partition coefficient (Wildman–Crippen LogP) is 13.5. The molecule has 0 atom stereocenters. The number of rotatable bonds is 30. The van der Waals surface area contributed by atoms with E-state index in [0.29, 0.717) is 0 Å². The maximum atomic E-state index is 2.44. The molecule has 0 heterocycles. The minimum atomic E-state index is 0.895. The monoisotopic (exact) mass is 491 g/mol. The van der Waals surface area contributed by atoms with Gasteiger partial charge in [-0.25, -0.2) is 0 Å². The molecule has 0 aromatic heterocycles. The molecule has 0 unspecified atom stereocenters. The van der Waals surface area contributed by atoms with Crippen molar-refractivity contribution in [2.45, 2.75) is 207 Å². The summed E-state index contributed by atoms with van der Waals surface area (Å²) in [6.07, 6.45) is 46.9. The quantitative estimate of drug-likeness (QED) is 0.0693. The standard InChI is InChI=1S/C35H70/c1-4-5-6-7-8-9-10-11-12-13-14-15-16-17-18-19-20-21-22-23-24-25-26-27-28-29-30-31-32-33-34-35(2)3/h10-11,35H,4-9,12-34H2,1-3H3. The first-order valence-corrected chi connectivity index (χ1v) is 16.9. The smallest absolute Gasteiger partial charge is 0.0351 e. The van der Waals surface area contributed by atoms with Crippen LogP contribution in [-0.2, 0) is 0 Å². The fraction of sp³-hybridized carbons (Fsp3) is 0.943. The van der Waals surface area contributed by atoms with Gasteiger partial charge in [0.05, 0.1) is 0 Å². The van der Waals surface area contributed by atoms with E-state index >= 15 is 0 Å². The van der Waals surface area contributed by atoms with Gasteiger partial charge in [0.15, 0.2) is 0 Å². The van der Waals surface area contributed by atoms with Gasteiger partial charge in [-0.05, 0) is 31.6 Å². The zero-order chi connectivity index (χ0) is 25.5. The number of hydrogen-bond donors (Lipinski definition) is 0. The predicted molar refractivity (Wildman–Crippen MR) is 164 cm³/mol. The molecule has 210 valence electrons. The third kappa shape index (κ3) is 33.7. The maximum Gasteiger partial charge on any atom is -0.0351 e. The molecule has 0 radical (unpaired) electrons. The Morgan fingerprint density at radius 1 is 0.343 bits per heavy atom. The summed E-state index contributed by atoms with van der Waals surface area (Å²) >= 11 is 0. The average Bonchev–Trinajstić information content (AvgIpc) is 2.85. The molecule has 0 amide bonds. The van der Waals surface area contributed by atoms with Crippen LogP contribution < -0.4 is 0 Å². The molecule has 0 saturated carbocycles. The fourth-order valence-electron chi connectivity index (χ4n) is 5.27. The van der Waals surface area contributed by atoms with E-state index < -0.39 is 0 Å². The van der Waals surface area contributed by atoms with Crippen LogP contribution in [0.5, 0.6) is 0 Å². The lowest BCUT2D eigenvalue weighted by atomic mass is 10.0. The summed E-state index contributed by atoms with van der Waals surface area (Å²) in [5.41, 5.74) is 0. The van der Waals surface area contributed by atoms with E-state index in [-0.39, 0.29) is 0 Å². The highest BCUT2D eigenvalue weighted by Gasteiger charge is 1.97. The first kappa shape index (κ1) is 34.7. The highest BCUT2D eigenvalue weighted by atomic mass is 14.0. The van der Waals surface area contributed by atoms with Crippen molar-refractivity contribution >= 4 is 0 Å². The summed E-state index contributed by atoms with van der Waals surface area (Å²) in [6.45, 7) is 6.99. The van der Waals surface area contributed by atoms with Crippen LogP contribution in [0, 0.1) is 5.92 Å². The van der Waals surface area contributed by atoms with Crippen molar-refractivity contribution in [2.24, 2.45) is 5.92 Å². The van der Waals surface area contributed by atoms with E-state index in [1.165, 1.54) is 186 Å². The maximum absolute atomic E-state index is 2.44. The summed E-state index contributed by atoms with van der Waals surface area (Å²) < 4.78 is 0. The Bertz CT molecular complexity index is 379. The molecule has 0 aliphatic carbocycles. The van der Waals surface area contributed by atoms with Gasteiger partial charge >= 0.3 is 0 Å². The van der Waals surface area contributed by atoms with Gasteiger partial charge in [-0.3, -0.25) is 0 Å². The summed E-state index contributed by atoms with van der Waals surface area (Å²) in [5.74, 6) is 0.895. The third-order valence-electron chi connectivity index (χ3n) is 7.79. The molecule has 35 heavy (non-hydrogen) atoms. The van der Waals surface area contributed by atoms with Gasteiger partial charge in [-0.2, -0.15) is 0 Å². The van der Waals surface area contributed by atoms with Gasteiger partial charge < -0.3 is 0 Å². The van der Waals surface area contributed by atoms with Crippen molar-refractivity contribution in [1.82, 2.24) is 0 Å². The van der Waals surface area contributed by atoms with Crippen LogP contribution in [0.25, 0.3) is 0 Å². The molecule has 0 aliphatic heterocycles. The van der Waals surface area contributed by atoms with Crippen LogP contribution in [0.4, 0.5) is 0 Å². The normalized spacial score (nSPS) is 11.9. The molecule has 0 aromatic rings. The van der Waals surface area contributed by atoms with Gasteiger partial charge in [0.25, 0.3) is 0 Å². The molecule has 0 nitrogen and oxygen atoms in total. The lowest BCUT2D eigenvalue weighted by Gasteiger charge is -2.05. The van der Waals surface area contributed by atoms with E-state index in [1.807, 2.05) is 0 Å². The fourth-order valence-corrected chi connectivity index (χ4v) is 5.27. The molecule has 0 rings (SSSR count). The summed E-state index contributed by atoms with van der Waals surface area (Å²) in [4.78, 5) is 0. The second-order valence-corrected chi connectivity index (χ2v) is 12.1. The summed E-state index contributed by atoms with van der Waals surface area (Å²) in [5, 5.41) is 0. The van der Waals surface area contributed by atoms with Crippen LogP contribution in [0.15, 0.2) is 12.2 Å². The lowest BCUT2D eigenvalue weighted by Crippen LogP contribution is -1.87. The van der Waals surface area contributed by atoms with Crippen LogP contribution >= 0.6 is 0 Å². The van der Waals surface area contributed by atoms with Crippen molar-refractivity contribution in [2.75, 3.05) is 0 Å². The second kappa shape index (κ2) is 31.8. The highest BCUT2D eigenvalue weighted by molar-refractivity contribution is 4.81. The van der Waals surface area contributed by atoms with Crippen molar-refractivity contribution < 1.29 is 0 Å². The Kier molecular flexibility index (Phi) is 31.5. The van der Waals surface area contributed by atoms with E-state index in [1.54, 1.807) is 0 Å². The lowest BCUT2D eigenvalue weighted by molar-refractivity contribution is 0.500. The largest absolute Gasteiger partial charge is 0.0885 e. The first-order valence-electron chi connectivity index (χ1n) is 16.9. The van der Waals surface area contributed by atoms with Gasteiger partial charge in [-0.15, -0.1) is 0 Å². The molecule has 0 heteroatoms. The minimum Gasteiger partial charge on any atom is -0.0885 e. The Morgan fingerprint density at radius 3 is 0.886 bits per heavy atom. The molecular formula is C35H70. The van der Waals surface area contributed by atoms with Crippen molar-refractivity contribution in [1.29, 1.82) is 0 Å². The Labute approximate surface area is 224 Å². The first-order chi connectivity index (χ1) is 17.3. The topological polar surface area (TPSA) is 0 Å². The molecule has 0 spiro atoms. The van der Waals surface area contributed by atoms with Gasteiger partial charge in [0, 0.05) is 0 Å². The second-order valence-electron chi connectivity index (χ2n) is 12.1. The van der Waals surface area contributed by atoms with E-state index in [0.717, 1.165) is 5.92 Å². The molecular weight excluding hydrogens is 420 g/mol. The van der Waals surface area contributed by atoms with Crippen molar-refractivity contribution in [3.63, 3.8) is 0 Å². The zero-order valence-electron chi connectivity index (χ0n) is 25.2. The summed E-state index contributed by atoms with van der Waals surface area (Å²) in [6, 6.07) is 0. The Morgan fingerprint density at radius 2 is 0.600 bits per heavy atom. The molecule has 0 aliphatic rings. The molecule has 0 bridgehead atoms. The molecule has 0 aromatic carbocycles. The van der Waals surface area contributed by atoms with E-state index in [4.69, 9.17) is 0 Å². The third-order valence-corrected chi connectivity index (χ3v) is 7.79. The highest BCUT2D eigenvalue weighted by Crippen LogP contribution is 2.16. The number of allylic oxidation sites excluding steroid dienone is 2. The van der Waals surface area contributed by atoms with Gasteiger partial charge in [0.1, 0.15) is 0 Å². The molecule has 0 N–H and O–H groups in total. The number of unbranched alkanes of at least 4 members (excludes halogenated alkanes) is 26. The van der Waals surface area contributed by atoms with Gasteiger partial charge in [-0.1, -0.05) is 193 Å². The zero-order valence-corrected chi connectivity index (χ0v) is 25.2. The van der Waals surface area contributed by atoms with E-state index in [9.17, 15) is 0 Å². The van der Waals surface area contributed by atoms with Crippen molar-refractivity contribution in [3.8, 4) is 0 Å². The van der Waals surface area contributed by atoms with E-state index in [2.05, 4.69) is 32.9 Å². The number of hydrogen-bond acceptors (Lipinski definition) is 0.